The lowest BCUT2D eigenvalue weighted by molar-refractivity contribution is 0.0755. The Morgan fingerprint density at radius 1 is 1.53 bits per heavy atom. The molecule has 1 amide bonds. The molecule has 0 aliphatic heterocycles. The number of nitrogens with one attached hydrogen (secondary N) is 1. The third-order valence-corrected chi connectivity index (χ3v) is 2.68. The lowest BCUT2D eigenvalue weighted by Crippen LogP contribution is -2.33. The summed E-state index contributed by atoms with van der Waals surface area (Å²) >= 11 is 0. The molecule has 0 saturated carbocycles. The van der Waals surface area contributed by atoms with Gasteiger partial charge in [0.2, 0.25) is 0 Å². The molecule has 0 radical (unpaired) electrons. The number of anilines is 1. The van der Waals surface area contributed by atoms with Crippen LogP contribution in [0.15, 0.2) is 18.3 Å². The monoisotopic (exact) mass is 235 g/mol. The predicted molar refractivity (Wildman–Crippen MR) is 70.2 cm³/mol. The van der Waals surface area contributed by atoms with Crippen LogP contribution < -0.4 is 5.32 Å². The van der Waals surface area contributed by atoms with Gasteiger partial charge in [0.25, 0.3) is 5.91 Å². The Balaban J connectivity index is 2.92. The van der Waals surface area contributed by atoms with Crippen LogP contribution in [0.4, 0.5) is 5.82 Å². The largest absolute Gasteiger partial charge is 0.369 e. The molecule has 0 spiro atoms. The van der Waals surface area contributed by atoms with Crippen molar-refractivity contribution in [3.05, 3.63) is 23.9 Å². The van der Waals surface area contributed by atoms with Crippen LogP contribution in [-0.4, -0.2) is 35.4 Å². The minimum absolute atomic E-state index is 0.00621. The Kier molecular flexibility index (Phi) is 4.94. The molecule has 4 nitrogen and oxygen atoms in total. The average Bonchev–Trinajstić information content (AvgIpc) is 2.34. The quantitative estimate of drug-likeness (QED) is 0.852. The first-order valence-electron chi connectivity index (χ1n) is 6.04. The molecule has 1 heterocycles. The van der Waals surface area contributed by atoms with Crippen molar-refractivity contribution in [3.63, 3.8) is 0 Å². The van der Waals surface area contributed by atoms with E-state index >= 15 is 0 Å². The minimum atomic E-state index is 0.00621. The van der Waals surface area contributed by atoms with Gasteiger partial charge in [0.15, 0.2) is 0 Å². The number of rotatable bonds is 5. The van der Waals surface area contributed by atoms with Crippen LogP contribution in [-0.2, 0) is 0 Å². The molecule has 0 aliphatic carbocycles. The Hall–Kier alpha value is -1.58. The van der Waals surface area contributed by atoms with Gasteiger partial charge in [-0.3, -0.25) is 4.79 Å². The van der Waals surface area contributed by atoms with Crippen molar-refractivity contribution in [1.82, 2.24) is 9.88 Å². The van der Waals surface area contributed by atoms with E-state index in [-0.39, 0.29) is 11.9 Å². The normalized spacial score (nSPS) is 10.4. The average molecular weight is 235 g/mol. The molecule has 0 atom stereocenters. The summed E-state index contributed by atoms with van der Waals surface area (Å²) in [4.78, 5) is 18.2. The summed E-state index contributed by atoms with van der Waals surface area (Å²) < 4.78 is 0. The highest BCUT2D eigenvalue weighted by molar-refractivity contribution is 5.98. The van der Waals surface area contributed by atoms with Gasteiger partial charge >= 0.3 is 0 Å². The summed E-state index contributed by atoms with van der Waals surface area (Å²) in [6.07, 6.45) is 2.70. The third-order valence-electron chi connectivity index (χ3n) is 2.68. The van der Waals surface area contributed by atoms with E-state index in [1.807, 2.05) is 27.0 Å². The van der Waals surface area contributed by atoms with Crippen LogP contribution in [0.5, 0.6) is 0 Å². The smallest absolute Gasteiger partial charge is 0.257 e. The second-order valence-corrected chi connectivity index (χ2v) is 4.34. The van der Waals surface area contributed by atoms with Gasteiger partial charge in [0, 0.05) is 25.8 Å². The molecule has 0 bridgehead atoms. The van der Waals surface area contributed by atoms with Crippen LogP contribution in [0, 0.1) is 0 Å². The van der Waals surface area contributed by atoms with E-state index in [1.54, 1.807) is 17.2 Å². The van der Waals surface area contributed by atoms with E-state index in [2.05, 4.69) is 17.2 Å². The maximum Gasteiger partial charge on any atom is 0.257 e. The van der Waals surface area contributed by atoms with Gasteiger partial charge in [-0.15, -0.1) is 0 Å². The summed E-state index contributed by atoms with van der Waals surface area (Å²) in [6.45, 7) is 6.89. The van der Waals surface area contributed by atoms with Gasteiger partial charge < -0.3 is 10.2 Å². The molecule has 0 fully saturated rings. The van der Waals surface area contributed by atoms with Crippen LogP contribution in [0.2, 0.25) is 0 Å². The highest BCUT2D eigenvalue weighted by atomic mass is 16.2. The van der Waals surface area contributed by atoms with Crippen molar-refractivity contribution >= 4 is 11.7 Å². The molecule has 4 heteroatoms. The molecule has 94 valence electrons. The number of carbonyl (C=O) groups excluding carboxylic acids is 1. The summed E-state index contributed by atoms with van der Waals surface area (Å²) in [5, 5.41) is 3.18. The maximum absolute atomic E-state index is 12.2. The van der Waals surface area contributed by atoms with Crippen molar-refractivity contribution in [2.24, 2.45) is 0 Å². The molecule has 0 unspecified atom stereocenters. The number of carbonyl (C=O) groups is 1. The first-order valence-corrected chi connectivity index (χ1v) is 6.04. The van der Waals surface area contributed by atoms with E-state index in [0.29, 0.717) is 11.4 Å². The van der Waals surface area contributed by atoms with Gasteiger partial charge in [-0.1, -0.05) is 6.92 Å². The number of pyridine rings is 1. The topological polar surface area (TPSA) is 45.2 Å². The zero-order chi connectivity index (χ0) is 12.8. The minimum Gasteiger partial charge on any atom is -0.369 e. The Morgan fingerprint density at radius 2 is 2.24 bits per heavy atom. The number of nitrogens with zero attached hydrogens (tertiary/aromatic N) is 2. The highest BCUT2D eigenvalue weighted by Crippen LogP contribution is 2.14. The van der Waals surface area contributed by atoms with Crippen LogP contribution in [0.1, 0.15) is 37.6 Å². The maximum atomic E-state index is 12.2. The van der Waals surface area contributed by atoms with Crippen molar-refractivity contribution in [3.8, 4) is 0 Å². The van der Waals surface area contributed by atoms with E-state index in [4.69, 9.17) is 0 Å². The van der Waals surface area contributed by atoms with Crippen molar-refractivity contribution in [2.45, 2.75) is 33.2 Å². The zero-order valence-corrected chi connectivity index (χ0v) is 11.0. The van der Waals surface area contributed by atoms with Crippen molar-refractivity contribution in [1.29, 1.82) is 0 Å². The fourth-order valence-electron chi connectivity index (χ4n) is 1.39. The van der Waals surface area contributed by atoms with Gasteiger partial charge in [-0.2, -0.15) is 0 Å². The zero-order valence-electron chi connectivity index (χ0n) is 11.0. The first kappa shape index (κ1) is 13.5. The van der Waals surface area contributed by atoms with Gasteiger partial charge in [0.05, 0.1) is 5.56 Å². The number of amides is 1. The van der Waals surface area contributed by atoms with Crippen LogP contribution in [0.3, 0.4) is 0 Å². The van der Waals surface area contributed by atoms with Crippen LogP contribution in [0.25, 0.3) is 0 Å². The number of hydrogen-bond donors (Lipinski definition) is 1. The van der Waals surface area contributed by atoms with Crippen molar-refractivity contribution in [2.75, 3.05) is 18.9 Å². The molecule has 1 N–H and O–H groups in total. The second kappa shape index (κ2) is 6.23. The summed E-state index contributed by atoms with van der Waals surface area (Å²) in [6, 6.07) is 3.78. The fraction of sp³-hybridized carbons (Fsp3) is 0.538. The Morgan fingerprint density at radius 3 is 2.82 bits per heavy atom. The van der Waals surface area contributed by atoms with E-state index in [1.165, 1.54) is 0 Å². The lowest BCUT2D eigenvalue weighted by atomic mass is 10.2. The summed E-state index contributed by atoms with van der Waals surface area (Å²) in [5.74, 6) is 0.679. The van der Waals surface area contributed by atoms with Gasteiger partial charge in [-0.25, -0.2) is 4.98 Å². The van der Waals surface area contributed by atoms with E-state index < -0.39 is 0 Å². The highest BCUT2D eigenvalue weighted by Gasteiger charge is 2.17. The van der Waals surface area contributed by atoms with E-state index in [0.717, 1.165) is 13.0 Å². The lowest BCUT2D eigenvalue weighted by Gasteiger charge is -2.22. The van der Waals surface area contributed by atoms with E-state index in [9.17, 15) is 4.79 Å². The standard InChI is InChI=1S/C13H21N3O/c1-5-8-14-12-11(7-6-9-15-12)13(17)16(4)10(2)3/h6-7,9-10H,5,8H2,1-4H3,(H,14,15). The Labute approximate surface area is 103 Å². The Bertz CT molecular complexity index is 377. The number of aromatic nitrogens is 1. The van der Waals surface area contributed by atoms with Crippen molar-refractivity contribution < 1.29 is 4.79 Å². The SMILES string of the molecule is CCCNc1ncccc1C(=O)N(C)C(C)C. The fourth-order valence-corrected chi connectivity index (χ4v) is 1.39. The summed E-state index contributed by atoms with van der Waals surface area (Å²) in [5.41, 5.74) is 0.636. The summed E-state index contributed by atoms with van der Waals surface area (Å²) in [7, 11) is 1.81. The third kappa shape index (κ3) is 3.44. The molecule has 0 aliphatic rings. The predicted octanol–water partition coefficient (Wildman–Crippen LogP) is 2.38. The molecule has 1 rings (SSSR count). The molecule has 1 aromatic heterocycles. The molecular weight excluding hydrogens is 214 g/mol. The molecule has 0 saturated heterocycles. The molecule has 0 aromatic carbocycles. The molecule has 17 heavy (non-hydrogen) atoms. The van der Waals surface area contributed by atoms with Crippen LogP contribution >= 0.6 is 0 Å². The first-order chi connectivity index (χ1) is 8.07. The number of hydrogen-bond acceptors (Lipinski definition) is 3. The second-order valence-electron chi connectivity index (χ2n) is 4.34. The van der Waals surface area contributed by atoms with Gasteiger partial charge in [-0.05, 0) is 32.4 Å². The molecular formula is C13H21N3O. The van der Waals surface area contributed by atoms with Gasteiger partial charge in [0.1, 0.15) is 5.82 Å². The molecule has 1 aromatic rings.